The third kappa shape index (κ3) is 5.34. The number of hydrogen-bond donors (Lipinski definition) is 1. The van der Waals surface area contributed by atoms with E-state index in [0.29, 0.717) is 6.61 Å². The van der Waals surface area contributed by atoms with E-state index < -0.39 is 12.1 Å². The van der Waals surface area contributed by atoms with Crippen LogP contribution >= 0.6 is 0 Å². The minimum atomic E-state index is -0.903. The molecule has 1 N–H and O–H groups in total. The molecule has 0 saturated carbocycles. The molecule has 1 heterocycles. The predicted octanol–water partition coefficient (Wildman–Crippen LogP) is 4.34. The van der Waals surface area contributed by atoms with Crippen LogP contribution in [0.2, 0.25) is 0 Å². The summed E-state index contributed by atoms with van der Waals surface area (Å²) in [6.45, 7) is 2.94. The maximum absolute atomic E-state index is 10.8. The molecule has 2 rings (SSSR count). The van der Waals surface area contributed by atoms with Crippen molar-refractivity contribution in [2.45, 2.75) is 64.1 Å². The zero-order valence-corrected chi connectivity index (χ0v) is 13.3. The quantitative estimate of drug-likeness (QED) is 0.488. The highest BCUT2D eigenvalue weighted by Crippen LogP contribution is 2.39. The summed E-state index contributed by atoms with van der Waals surface area (Å²) < 4.78 is 10.9. The van der Waals surface area contributed by atoms with Crippen LogP contribution in [-0.2, 0) is 9.53 Å². The van der Waals surface area contributed by atoms with Crippen molar-refractivity contribution in [2.24, 2.45) is 0 Å². The Bertz CT molecular complexity index is 472. The van der Waals surface area contributed by atoms with Gasteiger partial charge in [0.05, 0.1) is 6.61 Å². The van der Waals surface area contributed by atoms with Gasteiger partial charge in [0.2, 0.25) is 0 Å². The van der Waals surface area contributed by atoms with Gasteiger partial charge in [-0.25, -0.2) is 4.79 Å². The number of benzene rings is 1. The highest BCUT2D eigenvalue weighted by Gasteiger charge is 2.46. The molecule has 1 aromatic carbocycles. The molecule has 1 aliphatic rings. The molecule has 0 radical (unpaired) electrons. The van der Waals surface area contributed by atoms with Gasteiger partial charge in [0.15, 0.2) is 6.10 Å². The minimum Gasteiger partial charge on any atom is -0.494 e. The third-order valence-electron chi connectivity index (χ3n) is 3.94. The molecule has 0 bridgehead atoms. The van der Waals surface area contributed by atoms with E-state index in [0.717, 1.165) is 17.7 Å². The second kappa shape index (κ2) is 8.79. The predicted molar refractivity (Wildman–Crippen MR) is 85.2 cm³/mol. The van der Waals surface area contributed by atoms with E-state index in [1.807, 2.05) is 24.3 Å². The fourth-order valence-corrected chi connectivity index (χ4v) is 2.58. The second-order valence-corrected chi connectivity index (χ2v) is 5.86. The van der Waals surface area contributed by atoms with Gasteiger partial charge in [0.25, 0.3) is 0 Å². The lowest BCUT2D eigenvalue weighted by atomic mass is 10.1. The molecule has 22 heavy (non-hydrogen) atoms. The molecule has 122 valence electrons. The first kappa shape index (κ1) is 16.8. The monoisotopic (exact) mass is 306 g/mol. The lowest BCUT2D eigenvalue weighted by Gasteiger charge is -2.07. The molecule has 0 aliphatic carbocycles. The molecular formula is C18H26O4. The average molecular weight is 306 g/mol. The van der Waals surface area contributed by atoms with Crippen LogP contribution < -0.4 is 4.74 Å². The van der Waals surface area contributed by atoms with Crippen LogP contribution in [-0.4, -0.2) is 23.8 Å². The van der Waals surface area contributed by atoms with Gasteiger partial charge in [0.1, 0.15) is 11.9 Å². The average Bonchev–Trinajstić information content (AvgIpc) is 3.31. The van der Waals surface area contributed by atoms with Crippen LogP contribution in [0.5, 0.6) is 5.75 Å². The zero-order valence-electron chi connectivity index (χ0n) is 13.3. The van der Waals surface area contributed by atoms with Crippen LogP contribution in [0.15, 0.2) is 24.3 Å². The molecule has 1 aliphatic heterocycles. The van der Waals surface area contributed by atoms with Crippen LogP contribution in [0.3, 0.4) is 0 Å². The van der Waals surface area contributed by atoms with Gasteiger partial charge >= 0.3 is 5.97 Å². The normalized spacial score (nSPS) is 19.9. The van der Waals surface area contributed by atoms with Crippen LogP contribution in [0.4, 0.5) is 0 Å². The number of epoxide rings is 1. The number of unbranched alkanes of at least 4 members (excludes halogenated alkanes) is 6. The fourth-order valence-electron chi connectivity index (χ4n) is 2.58. The molecule has 4 heteroatoms. The van der Waals surface area contributed by atoms with Crippen molar-refractivity contribution >= 4 is 5.97 Å². The number of aliphatic carboxylic acids is 1. The molecule has 2 unspecified atom stereocenters. The zero-order chi connectivity index (χ0) is 15.8. The van der Waals surface area contributed by atoms with Gasteiger partial charge < -0.3 is 14.6 Å². The van der Waals surface area contributed by atoms with E-state index in [1.54, 1.807) is 0 Å². The molecule has 4 nitrogen and oxygen atoms in total. The Morgan fingerprint density at radius 1 is 1.18 bits per heavy atom. The standard InChI is InChI=1S/C18H26O4/c1-2-3-4-5-6-7-8-12-21-15-11-9-10-14(13-15)16-17(22-16)18(19)20/h9-11,13,16-17H,2-8,12H2,1H3,(H,19,20). The summed E-state index contributed by atoms with van der Waals surface area (Å²) in [5.74, 6) is -0.109. The van der Waals surface area contributed by atoms with E-state index in [-0.39, 0.29) is 6.10 Å². The van der Waals surface area contributed by atoms with Crippen molar-refractivity contribution in [2.75, 3.05) is 6.61 Å². The maximum atomic E-state index is 10.8. The lowest BCUT2D eigenvalue weighted by Crippen LogP contribution is -2.05. The number of carboxylic acid groups (broad SMARTS) is 1. The van der Waals surface area contributed by atoms with E-state index in [4.69, 9.17) is 14.6 Å². The Morgan fingerprint density at radius 3 is 2.59 bits per heavy atom. The molecule has 1 saturated heterocycles. The molecule has 1 fully saturated rings. The van der Waals surface area contributed by atoms with Crippen molar-refractivity contribution < 1.29 is 19.4 Å². The highest BCUT2D eigenvalue weighted by molar-refractivity contribution is 5.76. The van der Waals surface area contributed by atoms with Gasteiger partial charge in [0, 0.05) is 0 Å². The summed E-state index contributed by atoms with van der Waals surface area (Å²) in [5, 5.41) is 8.88. The highest BCUT2D eigenvalue weighted by atomic mass is 16.6. The number of carboxylic acids is 1. The number of hydrogen-bond acceptors (Lipinski definition) is 3. The van der Waals surface area contributed by atoms with Crippen molar-refractivity contribution in [3.63, 3.8) is 0 Å². The topological polar surface area (TPSA) is 59.1 Å². The molecule has 0 aromatic heterocycles. The third-order valence-corrected chi connectivity index (χ3v) is 3.94. The SMILES string of the molecule is CCCCCCCCCOc1cccc(C2OC2C(=O)O)c1. The van der Waals surface area contributed by atoms with Crippen molar-refractivity contribution in [3.8, 4) is 5.75 Å². The summed E-state index contributed by atoms with van der Waals surface area (Å²) >= 11 is 0. The smallest absolute Gasteiger partial charge is 0.335 e. The Morgan fingerprint density at radius 2 is 1.91 bits per heavy atom. The van der Waals surface area contributed by atoms with E-state index in [1.165, 1.54) is 38.5 Å². The number of ether oxygens (including phenoxy) is 2. The number of carbonyl (C=O) groups is 1. The maximum Gasteiger partial charge on any atom is 0.335 e. The summed E-state index contributed by atoms with van der Waals surface area (Å²) in [6, 6.07) is 7.56. The second-order valence-electron chi connectivity index (χ2n) is 5.86. The molecule has 1 aromatic rings. The summed E-state index contributed by atoms with van der Waals surface area (Å²) in [6.07, 6.45) is 7.81. The van der Waals surface area contributed by atoms with Crippen molar-refractivity contribution in [3.05, 3.63) is 29.8 Å². The van der Waals surface area contributed by atoms with Crippen molar-refractivity contribution in [1.29, 1.82) is 0 Å². The molecular weight excluding hydrogens is 280 g/mol. The molecule has 0 amide bonds. The Balaban J connectivity index is 1.63. The summed E-state index contributed by atoms with van der Waals surface area (Å²) in [4.78, 5) is 10.8. The van der Waals surface area contributed by atoms with E-state index in [9.17, 15) is 4.79 Å². The molecule has 2 atom stereocenters. The van der Waals surface area contributed by atoms with Gasteiger partial charge in [-0.05, 0) is 24.1 Å². The summed E-state index contributed by atoms with van der Waals surface area (Å²) in [5.41, 5.74) is 0.879. The van der Waals surface area contributed by atoms with Crippen LogP contribution in [0, 0.1) is 0 Å². The van der Waals surface area contributed by atoms with Gasteiger partial charge in [-0.1, -0.05) is 57.6 Å². The Labute approximate surface area is 132 Å². The molecule has 0 spiro atoms. The van der Waals surface area contributed by atoms with Crippen LogP contribution in [0.25, 0.3) is 0 Å². The fraction of sp³-hybridized carbons (Fsp3) is 0.611. The minimum absolute atomic E-state index is 0.320. The van der Waals surface area contributed by atoms with E-state index in [2.05, 4.69) is 6.92 Å². The lowest BCUT2D eigenvalue weighted by molar-refractivity contribution is -0.138. The van der Waals surface area contributed by atoms with Gasteiger partial charge in [-0.3, -0.25) is 0 Å². The van der Waals surface area contributed by atoms with Crippen molar-refractivity contribution in [1.82, 2.24) is 0 Å². The first-order valence-corrected chi connectivity index (χ1v) is 8.33. The van der Waals surface area contributed by atoms with Crippen LogP contribution in [0.1, 0.15) is 63.5 Å². The summed E-state index contributed by atoms with van der Waals surface area (Å²) in [7, 11) is 0. The Hall–Kier alpha value is -1.55. The Kier molecular flexibility index (Phi) is 6.72. The van der Waals surface area contributed by atoms with Gasteiger partial charge in [-0.2, -0.15) is 0 Å². The van der Waals surface area contributed by atoms with Gasteiger partial charge in [-0.15, -0.1) is 0 Å². The largest absolute Gasteiger partial charge is 0.494 e. The first-order chi connectivity index (χ1) is 10.7. The number of rotatable bonds is 11. The first-order valence-electron chi connectivity index (χ1n) is 8.33. The van der Waals surface area contributed by atoms with E-state index >= 15 is 0 Å².